The maximum absolute atomic E-state index is 13.0. The van der Waals surface area contributed by atoms with Gasteiger partial charge in [-0.05, 0) is 66.7 Å². The molecule has 0 aliphatic rings. The highest BCUT2D eigenvalue weighted by molar-refractivity contribution is 6.07. The van der Waals surface area contributed by atoms with Crippen LogP contribution in [0.15, 0.2) is 104 Å². The first-order valence-corrected chi connectivity index (χ1v) is 11.8. The number of benzene rings is 2. The molecule has 0 bridgehead atoms. The van der Waals surface area contributed by atoms with Crippen LogP contribution in [0.4, 0.5) is 17.2 Å². The monoisotopic (exact) mass is 488 g/mol. The summed E-state index contributed by atoms with van der Waals surface area (Å²) in [5.41, 5.74) is 3.42. The van der Waals surface area contributed by atoms with Gasteiger partial charge in [0.15, 0.2) is 0 Å². The predicted molar refractivity (Wildman–Crippen MR) is 143 cm³/mol. The quantitative estimate of drug-likeness (QED) is 0.265. The van der Waals surface area contributed by atoms with E-state index in [0.29, 0.717) is 28.7 Å². The molecule has 3 aromatic heterocycles. The second-order valence-corrected chi connectivity index (χ2v) is 8.04. The van der Waals surface area contributed by atoms with Crippen molar-refractivity contribution in [2.24, 2.45) is 0 Å². The Morgan fingerprint density at radius 1 is 0.784 bits per heavy atom. The van der Waals surface area contributed by atoms with Crippen molar-refractivity contribution in [2.45, 2.75) is 13.3 Å². The SMILES string of the molecule is CCc1nccc(-c2cccnc2Oc2ccc(NC(=O)c3cccnc3Nc3ccccc3)cc2)n1. The van der Waals surface area contributed by atoms with Crippen LogP contribution >= 0.6 is 0 Å². The largest absolute Gasteiger partial charge is 0.438 e. The first-order chi connectivity index (χ1) is 18.2. The van der Waals surface area contributed by atoms with Crippen LogP contribution in [0.3, 0.4) is 0 Å². The smallest absolute Gasteiger partial charge is 0.259 e. The molecule has 5 aromatic rings. The van der Waals surface area contributed by atoms with Gasteiger partial charge in [-0.15, -0.1) is 0 Å². The van der Waals surface area contributed by atoms with Crippen molar-refractivity contribution < 1.29 is 9.53 Å². The number of aryl methyl sites for hydroxylation is 1. The van der Waals surface area contributed by atoms with Crippen LogP contribution in [0.5, 0.6) is 11.6 Å². The van der Waals surface area contributed by atoms with Gasteiger partial charge in [-0.25, -0.2) is 19.9 Å². The average Bonchev–Trinajstić information content (AvgIpc) is 2.95. The number of ether oxygens (including phenoxy) is 1. The highest BCUT2D eigenvalue weighted by atomic mass is 16.5. The molecule has 0 aliphatic heterocycles. The van der Waals surface area contributed by atoms with Gasteiger partial charge in [-0.3, -0.25) is 4.79 Å². The Balaban J connectivity index is 1.30. The Hall–Kier alpha value is -5.11. The summed E-state index contributed by atoms with van der Waals surface area (Å²) in [6.07, 6.45) is 5.79. The summed E-state index contributed by atoms with van der Waals surface area (Å²) in [6.45, 7) is 2.01. The van der Waals surface area contributed by atoms with Crippen molar-refractivity contribution in [1.29, 1.82) is 0 Å². The minimum absolute atomic E-state index is 0.275. The van der Waals surface area contributed by atoms with E-state index in [1.165, 1.54) is 0 Å². The van der Waals surface area contributed by atoms with E-state index in [2.05, 4.69) is 30.6 Å². The van der Waals surface area contributed by atoms with E-state index in [-0.39, 0.29) is 5.91 Å². The second kappa shape index (κ2) is 11.1. The number of nitrogens with zero attached hydrogens (tertiary/aromatic N) is 4. The molecule has 3 heterocycles. The van der Waals surface area contributed by atoms with Crippen LogP contribution in [0.25, 0.3) is 11.3 Å². The van der Waals surface area contributed by atoms with E-state index in [4.69, 9.17) is 4.74 Å². The minimum atomic E-state index is -0.275. The summed E-state index contributed by atoms with van der Waals surface area (Å²) < 4.78 is 6.06. The molecule has 37 heavy (non-hydrogen) atoms. The summed E-state index contributed by atoms with van der Waals surface area (Å²) in [5, 5.41) is 6.11. The topological polar surface area (TPSA) is 102 Å². The van der Waals surface area contributed by atoms with Crippen molar-refractivity contribution in [3.8, 4) is 22.9 Å². The summed E-state index contributed by atoms with van der Waals surface area (Å²) in [7, 11) is 0. The van der Waals surface area contributed by atoms with Gasteiger partial charge in [-0.2, -0.15) is 0 Å². The Morgan fingerprint density at radius 3 is 2.38 bits per heavy atom. The first-order valence-electron chi connectivity index (χ1n) is 11.8. The summed E-state index contributed by atoms with van der Waals surface area (Å²) in [6, 6.07) is 25.7. The molecule has 8 nitrogen and oxygen atoms in total. The van der Waals surface area contributed by atoms with E-state index in [0.717, 1.165) is 29.2 Å². The molecule has 2 aromatic carbocycles. The van der Waals surface area contributed by atoms with Crippen molar-refractivity contribution >= 4 is 23.1 Å². The van der Waals surface area contributed by atoms with Gasteiger partial charge in [0.2, 0.25) is 5.88 Å². The molecule has 182 valence electrons. The van der Waals surface area contributed by atoms with E-state index in [1.807, 2.05) is 55.5 Å². The van der Waals surface area contributed by atoms with E-state index < -0.39 is 0 Å². The minimum Gasteiger partial charge on any atom is -0.438 e. The third kappa shape index (κ3) is 5.76. The number of anilines is 3. The van der Waals surface area contributed by atoms with Crippen molar-refractivity contribution in [2.75, 3.05) is 10.6 Å². The third-order valence-corrected chi connectivity index (χ3v) is 5.48. The summed E-state index contributed by atoms with van der Waals surface area (Å²) in [4.78, 5) is 30.6. The Kier molecular flexibility index (Phi) is 7.08. The summed E-state index contributed by atoms with van der Waals surface area (Å²) >= 11 is 0. The fraction of sp³-hybridized carbons (Fsp3) is 0.0690. The number of hydrogen-bond donors (Lipinski definition) is 2. The lowest BCUT2D eigenvalue weighted by Crippen LogP contribution is -2.14. The lowest BCUT2D eigenvalue weighted by Gasteiger charge is -2.12. The maximum Gasteiger partial charge on any atom is 0.259 e. The van der Waals surface area contributed by atoms with Crippen LogP contribution in [0.2, 0.25) is 0 Å². The molecule has 2 N–H and O–H groups in total. The van der Waals surface area contributed by atoms with Crippen molar-refractivity contribution in [3.63, 3.8) is 0 Å². The van der Waals surface area contributed by atoms with E-state index in [1.54, 1.807) is 55.0 Å². The van der Waals surface area contributed by atoms with Crippen LogP contribution in [-0.4, -0.2) is 25.8 Å². The Bertz CT molecular complexity index is 1510. The highest BCUT2D eigenvalue weighted by Gasteiger charge is 2.14. The lowest BCUT2D eigenvalue weighted by molar-refractivity contribution is 0.102. The molecule has 8 heteroatoms. The molecule has 0 fully saturated rings. The van der Waals surface area contributed by atoms with Crippen molar-refractivity contribution in [3.05, 3.63) is 115 Å². The number of carbonyl (C=O) groups excluding carboxylic acids is 1. The van der Waals surface area contributed by atoms with Gasteiger partial charge < -0.3 is 15.4 Å². The second-order valence-electron chi connectivity index (χ2n) is 8.04. The molecule has 1 amide bonds. The van der Waals surface area contributed by atoms with Gasteiger partial charge in [0.25, 0.3) is 5.91 Å². The highest BCUT2D eigenvalue weighted by Crippen LogP contribution is 2.31. The molecule has 0 spiro atoms. The fourth-order valence-electron chi connectivity index (χ4n) is 3.65. The Morgan fingerprint density at radius 2 is 1.57 bits per heavy atom. The number of carbonyl (C=O) groups is 1. The number of aromatic nitrogens is 4. The van der Waals surface area contributed by atoms with Crippen LogP contribution in [0, 0.1) is 0 Å². The fourth-order valence-corrected chi connectivity index (χ4v) is 3.65. The molecule has 0 radical (unpaired) electrons. The number of para-hydroxylation sites is 1. The standard InChI is InChI=1S/C29H24N6O2/c1-2-26-30-19-16-25(35-26)23-10-6-18-32-29(23)37-22-14-12-21(13-15-22)34-28(36)24-11-7-17-31-27(24)33-20-8-4-3-5-9-20/h3-19H,2H2,1H3,(H,31,33)(H,34,36). The van der Waals surface area contributed by atoms with E-state index >= 15 is 0 Å². The zero-order valence-corrected chi connectivity index (χ0v) is 20.1. The zero-order chi connectivity index (χ0) is 25.5. The van der Waals surface area contributed by atoms with Gasteiger partial charge in [0.1, 0.15) is 17.4 Å². The lowest BCUT2D eigenvalue weighted by atomic mass is 10.2. The number of hydrogen-bond acceptors (Lipinski definition) is 7. The first kappa shape index (κ1) is 23.6. The van der Waals surface area contributed by atoms with E-state index in [9.17, 15) is 4.79 Å². The average molecular weight is 489 g/mol. The molecular formula is C29H24N6O2. The molecule has 0 atom stereocenters. The molecule has 5 rings (SSSR count). The molecule has 0 aliphatic carbocycles. The predicted octanol–water partition coefficient (Wildman–Crippen LogP) is 6.28. The van der Waals surface area contributed by atoms with Crippen LogP contribution < -0.4 is 15.4 Å². The zero-order valence-electron chi connectivity index (χ0n) is 20.1. The van der Waals surface area contributed by atoms with Gasteiger partial charge in [0.05, 0.1) is 16.8 Å². The number of nitrogens with one attached hydrogen (secondary N) is 2. The number of rotatable bonds is 8. The Labute approximate surface area is 214 Å². The molecule has 0 saturated heterocycles. The molecular weight excluding hydrogens is 464 g/mol. The normalized spacial score (nSPS) is 10.5. The number of pyridine rings is 2. The van der Waals surface area contributed by atoms with Gasteiger partial charge in [0, 0.05) is 36.4 Å². The maximum atomic E-state index is 13.0. The van der Waals surface area contributed by atoms with Gasteiger partial charge in [-0.1, -0.05) is 25.1 Å². The van der Waals surface area contributed by atoms with Crippen LogP contribution in [-0.2, 0) is 6.42 Å². The van der Waals surface area contributed by atoms with Crippen molar-refractivity contribution in [1.82, 2.24) is 19.9 Å². The third-order valence-electron chi connectivity index (χ3n) is 5.48. The molecule has 0 unspecified atom stereocenters. The van der Waals surface area contributed by atoms with Crippen LogP contribution in [0.1, 0.15) is 23.1 Å². The molecule has 0 saturated carbocycles. The number of amides is 1. The van der Waals surface area contributed by atoms with Gasteiger partial charge >= 0.3 is 0 Å². The summed E-state index contributed by atoms with van der Waals surface area (Å²) in [5.74, 6) is 1.97.